The predicted molar refractivity (Wildman–Crippen MR) is 70.7 cm³/mol. The minimum absolute atomic E-state index is 0.0331. The number of rotatable bonds is 7. The van der Waals surface area contributed by atoms with E-state index in [1.165, 1.54) is 12.1 Å². The van der Waals surface area contributed by atoms with Crippen LogP contribution in [-0.4, -0.2) is 23.2 Å². The summed E-state index contributed by atoms with van der Waals surface area (Å²) in [7, 11) is 0. The minimum atomic E-state index is -1.08. The number of hydrogen-bond acceptors (Lipinski definition) is 3. The highest BCUT2D eigenvalue weighted by molar-refractivity contribution is 5.72. The van der Waals surface area contributed by atoms with Gasteiger partial charge in [-0.15, -0.1) is 0 Å². The van der Waals surface area contributed by atoms with Crippen molar-refractivity contribution in [1.29, 1.82) is 0 Å². The van der Waals surface area contributed by atoms with Gasteiger partial charge in [0.15, 0.2) is 17.7 Å². The number of halogens is 1. The van der Waals surface area contributed by atoms with Crippen LogP contribution < -0.4 is 10.5 Å². The van der Waals surface area contributed by atoms with E-state index in [0.717, 1.165) is 5.56 Å². The van der Waals surface area contributed by atoms with Gasteiger partial charge < -0.3 is 15.6 Å². The molecule has 0 spiro atoms. The highest BCUT2D eigenvalue weighted by atomic mass is 19.1. The molecule has 0 aliphatic heterocycles. The van der Waals surface area contributed by atoms with E-state index in [-0.39, 0.29) is 11.8 Å². The van der Waals surface area contributed by atoms with Gasteiger partial charge >= 0.3 is 5.97 Å². The van der Waals surface area contributed by atoms with E-state index in [2.05, 4.69) is 0 Å². The number of carbonyl (C=O) groups is 1. The van der Waals surface area contributed by atoms with Crippen LogP contribution in [0.1, 0.15) is 32.3 Å². The zero-order chi connectivity index (χ0) is 14.4. The Morgan fingerprint density at radius 3 is 2.68 bits per heavy atom. The number of carboxylic acids is 1. The van der Waals surface area contributed by atoms with Gasteiger partial charge in [0.2, 0.25) is 0 Å². The monoisotopic (exact) mass is 269 g/mol. The van der Waals surface area contributed by atoms with Crippen LogP contribution in [0.2, 0.25) is 0 Å². The highest BCUT2D eigenvalue weighted by Crippen LogP contribution is 2.21. The topological polar surface area (TPSA) is 72.5 Å². The second-order valence-electron chi connectivity index (χ2n) is 4.68. The van der Waals surface area contributed by atoms with Gasteiger partial charge in [-0.25, -0.2) is 9.18 Å². The molecule has 0 heterocycles. The number of ether oxygens (including phenoxy) is 1. The molecular formula is C14H20FNO3. The Morgan fingerprint density at radius 1 is 1.53 bits per heavy atom. The average molecular weight is 269 g/mol. The largest absolute Gasteiger partial charge is 0.479 e. The first-order valence-electron chi connectivity index (χ1n) is 6.37. The minimum Gasteiger partial charge on any atom is -0.479 e. The summed E-state index contributed by atoms with van der Waals surface area (Å²) in [6.07, 6.45) is 0.547. The molecule has 0 saturated carbocycles. The summed E-state index contributed by atoms with van der Waals surface area (Å²) < 4.78 is 19.0. The molecule has 106 valence electrons. The smallest absolute Gasteiger partial charge is 0.344 e. The van der Waals surface area contributed by atoms with Gasteiger partial charge in [-0.05, 0) is 37.5 Å². The summed E-state index contributed by atoms with van der Waals surface area (Å²) in [5.41, 5.74) is 6.41. The van der Waals surface area contributed by atoms with Crippen molar-refractivity contribution in [1.82, 2.24) is 0 Å². The maximum Gasteiger partial charge on any atom is 0.344 e. The lowest BCUT2D eigenvalue weighted by Gasteiger charge is -2.15. The van der Waals surface area contributed by atoms with Crippen LogP contribution >= 0.6 is 0 Å². The number of benzene rings is 1. The maximum absolute atomic E-state index is 13.8. The van der Waals surface area contributed by atoms with Crippen molar-refractivity contribution in [2.75, 3.05) is 0 Å². The summed E-state index contributed by atoms with van der Waals surface area (Å²) >= 11 is 0. The zero-order valence-electron chi connectivity index (χ0n) is 11.2. The molecule has 4 nitrogen and oxygen atoms in total. The van der Waals surface area contributed by atoms with Crippen LogP contribution in [0.25, 0.3) is 0 Å². The van der Waals surface area contributed by atoms with Gasteiger partial charge in [0.25, 0.3) is 0 Å². The van der Waals surface area contributed by atoms with Gasteiger partial charge in [0.05, 0.1) is 0 Å². The number of hydrogen-bond donors (Lipinski definition) is 2. The van der Waals surface area contributed by atoms with Gasteiger partial charge in [-0.3, -0.25) is 0 Å². The first-order valence-corrected chi connectivity index (χ1v) is 6.37. The Labute approximate surface area is 112 Å². The van der Waals surface area contributed by atoms with Crippen LogP contribution in [0.4, 0.5) is 4.39 Å². The van der Waals surface area contributed by atoms with Crippen LogP contribution in [0, 0.1) is 5.82 Å². The second-order valence-corrected chi connectivity index (χ2v) is 4.68. The Bertz CT molecular complexity index is 435. The first-order chi connectivity index (χ1) is 8.93. The summed E-state index contributed by atoms with van der Waals surface area (Å²) in [5, 5.41) is 8.97. The molecule has 2 atom stereocenters. The molecule has 0 aromatic heterocycles. The molecule has 1 aromatic rings. The van der Waals surface area contributed by atoms with Gasteiger partial charge in [0, 0.05) is 6.04 Å². The molecule has 0 aliphatic carbocycles. The molecule has 0 amide bonds. The average Bonchev–Trinajstić information content (AvgIpc) is 2.30. The summed E-state index contributed by atoms with van der Waals surface area (Å²) in [4.78, 5) is 11.0. The number of aliphatic carboxylic acids is 1. The first kappa shape index (κ1) is 15.4. The molecule has 5 heteroatoms. The van der Waals surface area contributed by atoms with E-state index < -0.39 is 17.9 Å². The van der Waals surface area contributed by atoms with Crippen LogP contribution in [0.5, 0.6) is 5.75 Å². The van der Waals surface area contributed by atoms with E-state index in [1.807, 2.05) is 13.8 Å². The SMILES string of the molecule is CCCC(Oc1ccc(CC(C)N)cc1F)C(=O)O. The van der Waals surface area contributed by atoms with Crippen molar-refractivity contribution in [2.24, 2.45) is 5.73 Å². The van der Waals surface area contributed by atoms with Crippen molar-refractivity contribution in [2.45, 2.75) is 45.3 Å². The Kier molecular flexibility index (Phi) is 5.76. The molecule has 3 N–H and O–H groups in total. The van der Waals surface area contributed by atoms with Crippen LogP contribution in [0.3, 0.4) is 0 Å². The molecule has 2 unspecified atom stereocenters. The summed E-state index contributed by atoms with van der Waals surface area (Å²) in [6, 6.07) is 4.44. The fraction of sp³-hybridized carbons (Fsp3) is 0.500. The van der Waals surface area contributed by atoms with Crippen molar-refractivity contribution >= 4 is 5.97 Å². The Balaban J connectivity index is 2.81. The fourth-order valence-electron chi connectivity index (χ4n) is 1.79. The van der Waals surface area contributed by atoms with Crippen molar-refractivity contribution in [3.05, 3.63) is 29.6 Å². The van der Waals surface area contributed by atoms with E-state index >= 15 is 0 Å². The maximum atomic E-state index is 13.8. The summed E-state index contributed by atoms with van der Waals surface area (Å²) in [6.45, 7) is 3.69. The third-order valence-electron chi connectivity index (χ3n) is 2.65. The van der Waals surface area contributed by atoms with Crippen molar-refractivity contribution < 1.29 is 19.0 Å². The van der Waals surface area contributed by atoms with Crippen molar-refractivity contribution in [3.8, 4) is 5.75 Å². The molecule has 0 fully saturated rings. The third kappa shape index (κ3) is 4.87. The highest BCUT2D eigenvalue weighted by Gasteiger charge is 2.20. The van der Waals surface area contributed by atoms with E-state index in [1.54, 1.807) is 6.07 Å². The quantitative estimate of drug-likeness (QED) is 0.797. The van der Waals surface area contributed by atoms with E-state index in [4.69, 9.17) is 15.6 Å². The molecule has 1 rings (SSSR count). The lowest BCUT2D eigenvalue weighted by molar-refractivity contribution is -0.145. The molecule has 0 radical (unpaired) electrons. The molecule has 19 heavy (non-hydrogen) atoms. The van der Waals surface area contributed by atoms with Gasteiger partial charge in [-0.1, -0.05) is 19.4 Å². The van der Waals surface area contributed by atoms with E-state index in [9.17, 15) is 9.18 Å². The molecule has 0 bridgehead atoms. The number of carboxylic acid groups (broad SMARTS) is 1. The van der Waals surface area contributed by atoms with E-state index in [0.29, 0.717) is 19.3 Å². The third-order valence-corrected chi connectivity index (χ3v) is 2.65. The van der Waals surface area contributed by atoms with Crippen molar-refractivity contribution in [3.63, 3.8) is 0 Å². The van der Waals surface area contributed by atoms with Crippen LogP contribution in [0.15, 0.2) is 18.2 Å². The lowest BCUT2D eigenvalue weighted by Crippen LogP contribution is -2.27. The predicted octanol–water partition coefficient (Wildman–Crippen LogP) is 2.35. The molecule has 1 aromatic carbocycles. The lowest BCUT2D eigenvalue weighted by atomic mass is 10.1. The van der Waals surface area contributed by atoms with Gasteiger partial charge in [-0.2, -0.15) is 0 Å². The Hall–Kier alpha value is -1.62. The Morgan fingerprint density at radius 2 is 2.21 bits per heavy atom. The normalized spacial score (nSPS) is 13.9. The number of nitrogens with two attached hydrogens (primary N) is 1. The zero-order valence-corrected chi connectivity index (χ0v) is 11.2. The summed E-state index contributed by atoms with van der Waals surface area (Å²) in [5.74, 6) is -1.67. The molecule has 0 saturated heterocycles. The van der Waals surface area contributed by atoms with Crippen LogP contribution in [-0.2, 0) is 11.2 Å². The molecular weight excluding hydrogens is 249 g/mol. The van der Waals surface area contributed by atoms with Gasteiger partial charge in [0.1, 0.15) is 0 Å². The fourth-order valence-corrected chi connectivity index (χ4v) is 1.79. The second kappa shape index (κ2) is 7.09. The standard InChI is InChI=1S/C14H20FNO3/c1-3-4-13(14(17)18)19-12-6-5-10(7-9(2)16)8-11(12)15/h5-6,8-9,13H,3-4,7,16H2,1-2H3,(H,17,18). The molecule has 0 aliphatic rings.